The third kappa shape index (κ3) is 8.03. The van der Waals surface area contributed by atoms with Crippen molar-refractivity contribution in [1.29, 1.82) is 0 Å². The normalized spacial score (nSPS) is 17.8. The molecule has 1 fully saturated rings. The Kier molecular flexibility index (Phi) is 11.4. The Morgan fingerprint density at radius 2 is 1.76 bits per heavy atom. The minimum Gasteiger partial charge on any atom is -0.385 e. The molecule has 1 N–H and O–H groups in total. The first-order valence-corrected chi connectivity index (χ1v) is 16.9. The van der Waals surface area contributed by atoms with Gasteiger partial charge in [-0.2, -0.15) is 0 Å². The molecule has 46 heavy (non-hydrogen) atoms. The highest BCUT2D eigenvalue weighted by molar-refractivity contribution is 7.80. The molecule has 2 amide bonds. The summed E-state index contributed by atoms with van der Waals surface area (Å²) in [7, 11) is 3.46. The first kappa shape index (κ1) is 34.8. The van der Waals surface area contributed by atoms with E-state index in [1.54, 1.807) is 12.1 Å². The van der Waals surface area contributed by atoms with E-state index in [-0.39, 0.29) is 23.8 Å². The molecule has 1 unspecified atom stereocenters. The fourth-order valence-corrected chi connectivity index (χ4v) is 6.50. The number of carbonyl (C=O) groups excluding carboxylic acids is 3. The van der Waals surface area contributed by atoms with Crippen LogP contribution in [0.2, 0.25) is 0 Å². The molecular formula is C36H45N3O6S. The van der Waals surface area contributed by atoms with E-state index in [4.69, 9.17) is 9.02 Å². The number of hydroxylamine groups is 2. The number of hydrogen-bond acceptors (Lipinski definition) is 8. The minimum atomic E-state index is -1.20. The van der Waals surface area contributed by atoms with E-state index in [1.807, 2.05) is 31.3 Å². The number of imide groups is 1. The molecule has 9 nitrogen and oxygen atoms in total. The summed E-state index contributed by atoms with van der Waals surface area (Å²) in [5, 5.41) is 4.13. The third-order valence-corrected chi connectivity index (χ3v) is 9.58. The standard InChI is InChI=1S/C36H45N3O6S/c1-35(2,27-15-10-11-16-29(27)37-23-13-14-24-46(43)44-6)22-12-8-7-9-17-31-36(3,4)28-25-26(18-19-30(28)38(31)5)34(42)45-39-32(40)20-21-33(39)41/h7-12,15-19,25,37H,13-14,20-24H2,1-6H3/b9-7+,12-8+,31-17-. The number of anilines is 2. The first-order chi connectivity index (χ1) is 21.9. The fourth-order valence-electron chi connectivity index (χ4n) is 5.90. The molecule has 2 aromatic rings. The largest absolute Gasteiger partial charge is 0.385 e. The van der Waals surface area contributed by atoms with Crippen LogP contribution in [0.3, 0.4) is 0 Å². The number of fused-ring (bicyclic) bond motifs is 1. The van der Waals surface area contributed by atoms with E-state index in [0.29, 0.717) is 10.8 Å². The van der Waals surface area contributed by atoms with Gasteiger partial charge in [-0.3, -0.25) is 13.8 Å². The monoisotopic (exact) mass is 647 g/mol. The summed E-state index contributed by atoms with van der Waals surface area (Å²) >= 11 is -1.20. The predicted octanol–water partition coefficient (Wildman–Crippen LogP) is 6.50. The van der Waals surface area contributed by atoms with Gasteiger partial charge in [-0.05, 0) is 66.1 Å². The predicted molar refractivity (Wildman–Crippen MR) is 183 cm³/mol. The van der Waals surface area contributed by atoms with Gasteiger partial charge in [-0.25, -0.2) is 9.00 Å². The molecule has 0 aromatic heterocycles. The molecule has 2 aliphatic rings. The second kappa shape index (κ2) is 15.0. The van der Waals surface area contributed by atoms with Crippen molar-refractivity contribution in [2.45, 2.75) is 70.6 Å². The molecular weight excluding hydrogens is 602 g/mol. The molecule has 246 valence electrons. The highest BCUT2D eigenvalue weighted by Crippen LogP contribution is 2.47. The van der Waals surface area contributed by atoms with Crippen molar-refractivity contribution < 1.29 is 27.6 Å². The maximum atomic E-state index is 12.8. The van der Waals surface area contributed by atoms with Crippen LogP contribution in [0.15, 0.2) is 78.5 Å². The Labute approximate surface area is 274 Å². The van der Waals surface area contributed by atoms with Crippen LogP contribution in [0.4, 0.5) is 11.4 Å². The molecule has 1 saturated heterocycles. The number of benzene rings is 2. The lowest BCUT2D eigenvalue weighted by Gasteiger charge is -2.27. The number of nitrogens with one attached hydrogen (secondary N) is 1. The lowest BCUT2D eigenvalue weighted by molar-refractivity contribution is -0.172. The summed E-state index contributed by atoms with van der Waals surface area (Å²) in [6, 6.07) is 13.7. The third-order valence-electron chi connectivity index (χ3n) is 8.58. The van der Waals surface area contributed by atoms with Crippen LogP contribution in [0.5, 0.6) is 0 Å². The lowest BCUT2D eigenvalue weighted by atomic mass is 9.80. The Morgan fingerprint density at radius 1 is 1.04 bits per heavy atom. The van der Waals surface area contributed by atoms with Gasteiger partial charge in [0.05, 0.1) is 12.7 Å². The zero-order valence-corrected chi connectivity index (χ0v) is 28.4. The number of para-hydroxylation sites is 1. The molecule has 2 aromatic carbocycles. The number of amides is 2. The number of allylic oxidation sites excluding steroid dienone is 6. The zero-order valence-electron chi connectivity index (χ0n) is 27.6. The van der Waals surface area contributed by atoms with Gasteiger partial charge in [0.1, 0.15) is 0 Å². The molecule has 10 heteroatoms. The van der Waals surface area contributed by atoms with E-state index in [9.17, 15) is 18.6 Å². The van der Waals surface area contributed by atoms with E-state index in [2.05, 4.69) is 74.3 Å². The molecule has 0 bridgehead atoms. The van der Waals surface area contributed by atoms with Gasteiger partial charge in [0.15, 0.2) is 11.1 Å². The van der Waals surface area contributed by atoms with Gasteiger partial charge in [0, 0.05) is 54.7 Å². The summed E-state index contributed by atoms with van der Waals surface area (Å²) in [5.41, 5.74) is 5.17. The van der Waals surface area contributed by atoms with E-state index >= 15 is 0 Å². The van der Waals surface area contributed by atoms with Crippen molar-refractivity contribution in [3.8, 4) is 0 Å². The summed E-state index contributed by atoms with van der Waals surface area (Å²) in [6.07, 6.45) is 13.1. The zero-order chi connectivity index (χ0) is 33.5. The highest BCUT2D eigenvalue weighted by Gasteiger charge is 2.39. The smallest absolute Gasteiger partial charge is 0.363 e. The Bertz CT molecular complexity index is 1560. The van der Waals surface area contributed by atoms with Crippen molar-refractivity contribution in [2.24, 2.45) is 0 Å². The van der Waals surface area contributed by atoms with Crippen molar-refractivity contribution in [3.63, 3.8) is 0 Å². The molecule has 1 atom stereocenters. The molecule has 4 rings (SSSR count). The van der Waals surface area contributed by atoms with E-state index < -0.39 is 34.3 Å². The Hall–Kier alpha value is -4.02. The highest BCUT2D eigenvalue weighted by atomic mass is 32.2. The number of hydrogen-bond donors (Lipinski definition) is 1. The summed E-state index contributed by atoms with van der Waals surface area (Å²) < 4.78 is 16.3. The average Bonchev–Trinajstić information content (AvgIpc) is 3.44. The molecule has 0 aliphatic carbocycles. The summed E-state index contributed by atoms with van der Waals surface area (Å²) in [5.74, 6) is -1.19. The number of carbonyl (C=O) groups is 3. The Morgan fingerprint density at radius 3 is 2.48 bits per heavy atom. The maximum absolute atomic E-state index is 12.8. The molecule has 0 radical (unpaired) electrons. The minimum absolute atomic E-state index is 0.0523. The second-order valence-electron chi connectivity index (χ2n) is 12.7. The van der Waals surface area contributed by atoms with Gasteiger partial charge in [0.2, 0.25) is 0 Å². The van der Waals surface area contributed by atoms with Crippen molar-refractivity contribution in [2.75, 3.05) is 36.7 Å². The number of unbranched alkanes of at least 4 members (excludes halogenated alkanes) is 1. The fraction of sp³-hybridized carbons (Fsp3) is 0.417. The van der Waals surface area contributed by atoms with E-state index in [0.717, 1.165) is 48.4 Å². The van der Waals surface area contributed by atoms with Gasteiger partial charge in [-0.15, -0.1) is 5.06 Å². The van der Waals surface area contributed by atoms with Crippen LogP contribution < -0.4 is 10.2 Å². The van der Waals surface area contributed by atoms with Crippen molar-refractivity contribution in [3.05, 3.63) is 95.2 Å². The van der Waals surface area contributed by atoms with Crippen molar-refractivity contribution >= 4 is 40.2 Å². The number of nitrogens with zero attached hydrogens (tertiary/aromatic N) is 2. The van der Waals surface area contributed by atoms with Gasteiger partial charge < -0.3 is 15.1 Å². The Balaban J connectivity index is 1.37. The molecule has 0 saturated carbocycles. The first-order valence-electron chi connectivity index (χ1n) is 15.6. The SMILES string of the molecule is COS(=O)CCCCNc1ccccc1C(C)(C)C/C=C/C=C/C=C1\N(C)c2ccc(C(=O)ON3C(=O)CCC3=O)cc2C1(C)C. The average molecular weight is 648 g/mol. The number of rotatable bonds is 14. The second-order valence-corrected chi connectivity index (χ2v) is 14.0. The van der Waals surface area contributed by atoms with Gasteiger partial charge in [0.25, 0.3) is 11.8 Å². The van der Waals surface area contributed by atoms with Crippen LogP contribution in [0.25, 0.3) is 0 Å². The van der Waals surface area contributed by atoms with E-state index in [1.165, 1.54) is 12.7 Å². The van der Waals surface area contributed by atoms with Gasteiger partial charge in [-0.1, -0.05) is 70.2 Å². The lowest BCUT2D eigenvalue weighted by Crippen LogP contribution is -2.32. The summed E-state index contributed by atoms with van der Waals surface area (Å²) in [6.45, 7) is 9.48. The molecule has 0 spiro atoms. The van der Waals surface area contributed by atoms with Crippen LogP contribution in [-0.4, -0.2) is 53.5 Å². The van der Waals surface area contributed by atoms with Crippen LogP contribution in [0, 0.1) is 0 Å². The van der Waals surface area contributed by atoms with Crippen molar-refractivity contribution in [1.82, 2.24) is 5.06 Å². The summed E-state index contributed by atoms with van der Waals surface area (Å²) in [4.78, 5) is 43.8. The quantitative estimate of drug-likeness (QED) is 0.141. The number of likely N-dealkylation sites (N-methyl/N-ethyl adjacent to an activating group) is 1. The molecule has 2 heterocycles. The maximum Gasteiger partial charge on any atom is 0.363 e. The molecule has 2 aliphatic heterocycles. The van der Waals surface area contributed by atoms with Gasteiger partial charge >= 0.3 is 5.97 Å². The van der Waals surface area contributed by atoms with Crippen LogP contribution in [0.1, 0.15) is 81.3 Å². The van der Waals surface area contributed by atoms with Crippen LogP contribution >= 0.6 is 0 Å². The van der Waals surface area contributed by atoms with Crippen LogP contribution in [-0.2, 0) is 40.5 Å². The topological polar surface area (TPSA) is 105 Å².